The summed E-state index contributed by atoms with van der Waals surface area (Å²) in [5.41, 5.74) is 8.82. The minimum Gasteiger partial charge on any atom is -0.279 e. The third-order valence-electron chi connectivity index (χ3n) is 7.57. The molecule has 0 atom stereocenters. The summed E-state index contributed by atoms with van der Waals surface area (Å²) >= 11 is 3.79. The van der Waals surface area contributed by atoms with E-state index in [9.17, 15) is 0 Å². The van der Waals surface area contributed by atoms with Gasteiger partial charge in [0.15, 0.2) is 0 Å². The lowest BCUT2D eigenvalue weighted by molar-refractivity contribution is 0.359. The number of aromatic nitrogens is 3. The molecule has 0 spiro atoms. The van der Waals surface area contributed by atoms with Crippen LogP contribution in [0.1, 0.15) is 114 Å². The average Bonchev–Trinajstić information content (AvgIpc) is 3.17. The molecule has 7 rings (SSSR count). The Morgan fingerprint density at radius 3 is 2.12 bits per heavy atom. The molecule has 0 radical (unpaired) electrons. The molecule has 2 heterocycles. The van der Waals surface area contributed by atoms with Gasteiger partial charge in [-0.15, -0.1) is 0 Å². The second-order valence-electron chi connectivity index (χ2n) is 11.0. The summed E-state index contributed by atoms with van der Waals surface area (Å²) in [6.07, 6.45) is 5.38. The Morgan fingerprint density at radius 1 is 0.939 bits per heavy atom. The lowest BCUT2D eigenvalue weighted by Crippen LogP contribution is -2.22. The van der Waals surface area contributed by atoms with Gasteiger partial charge in [-0.05, 0) is 94.3 Å². The highest BCUT2D eigenvalue weighted by molar-refractivity contribution is 9.10. The van der Waals surface area contributed by atoms with Crippen molar-refractivity contribution in [3.63, 3.8) is 0 Å². The average molecular weight is 507 g/mol. The van der Waals surface area contributed by atoms with Gasteiger partial charge < -0.3 is 0 Å². The van der Waals surface area contributed by atoms with Crippen molar-refractivity contribution in [3.05, 3.63) is 51.3 Å². The van der Waals surface area contributed by atoms with Crippen LogP contribution in [0.15, 0.2) is 28.7 Å². The molecule has 0 saturated heterocycles. The predicted octanol–water partition coefficient (Wildman–Crippen LogP) is 9.00. The molecule has 3 aliphatic carbocycles. The van der Waals surface area contributed by atoms with Gasteiger partial charge in [0.05, 0.1) is 16.6 Å². The molecule has 1 fully saturated rings. The first-order chi connectivity index (χ1) is 15.7. The van der Waals surface area contributed by atoms with Crippen LogP contribution in [0, 0.1) is 0 Å². The maximum atomic E-state index is 5.30. The topological polar surface area (TPSA) is 30.2 Å². The smallest absolute Gasteiger partial charge is 0.149 e. The number of nitrogens with zero attached hydrogens (tertiary/aromatic N) is 3. The second kappa shape index (κ2) is 8.08. The van der Waals surface area contributed by atoms with Crippen LogP contribution in [0.3, 0.4) is 0 Å². The number of halogens is 1. The van der Waals surface area contributed by atoms with E-state index in [0.717, 1.165) is 38.8 Å². The summed E-state index contributed by atoms with van der Waals surface area (Å²) < 4.78 is 3.42. The molecule has 1 saturated carbocycles. The van der Waals surface area contributed by atoms with Gasteiger partial charge >= 0.3 is 0 Å². The van der Waals surface area contributed by atoms with Gasteiger partial charge in [0.2, 0.25) is 0 Å². The highest BCUT2D eigenvalue weighted by Gasteiger charge is 2.34. The van der Waals surface area contributed by atoms with Gasteiger partial charge in [-0.1, -0.05) is 54.5 Å². The summed E-state index contributed by atoms with van der Waals surface area (Å²) in [4.78, 5) is 10.6. The fourth-order valence-electron chi connectivity index (χ4n) is 6.03. The van der Waals surface area contributed by atoms with Gasteiger partial charge in [-0.2, -0.15) is 0 Å². The van der Waals surface area contributed by atoms with Gasteiger partial charge in [0, 0.05) is 15.3 Å². The predicted molar refractivity (Wildman–Crippen MR) is 144 cm³/mol. The SMILES string of the molecule is CC.CC(C)c1ccc(Br)c2nc(C(C)(C)C)n3c4cc5c(cc4nc3c12)C1CCC5CC1. The summed E-state index contributed by atoms with van der Waals surface area (Å²) in [6.45, 7) is 15.3. The zero-order chi connectivity index (χ0) is 23.7. The van der Waals surface area contributed by atoms with Crippen molar-refractivity contribution < 1.29 is 0 Å². The Balaban J connectivity index is 0.00000111. The maximum absolute atomic E-state index is 5.30. The van der Waals surface area contributed by atoms with Crippen molar-refractivity contribution in [3.8, 4) is 0 Å². The van der Waals surface area contributed by atoms with Crippen molar-refractivity contribution >= 4 is 43.5 Å². The fourth-order valence-corrected chi connectivity index (χ4v) is 6.45. The molecule has 0 N–H and O–H groups in total. The number of rotatable bonds is 1. The molecule has 2 aromatic carbocycles. The summed E-state index contributed by atoms with van der Waals surface area (Å²) in [5.74, 6) is 2.94. The molecule has 2 aromatic heterocycles. The van der Waals surface area contributed by atoms with E-state index in [0.29, 0.717) is 5.92 Å². The number of hydrogen-bond acceptors (Lipinski definition) is 2. The molecule has 0 unspecified atom stereocenters. The van der Waals surface area contributed by atoms with E-state index in [4.69, 9.17) is 9.97 Å². The highest BCUT2D eigenvalue weighted by atomic mass is 79.9. The van der Waals surface area contributed by atoms with Crippen LogP contribution >= 0.6 is 15.9 Å². The van der Waals surface area contributed by atoms with E-state index in [1.165, 1.54) is 42.1 Å². The van der Waals surface area contributed by atoms with Crippen molar-refractivity contribution in [2.45, 2.75) is 97.3 Å². The van der Waals surface area contributed by atoms with E-state index >= 15 is 0 Å². The lowest BCUT2D eigenvalue weighted by atomic mass is 9.67. The van der Waals surface area contributed by atoms with Crippen LogP contribution in [-0.4, -0.2) is 14.4 Å². The minimum absolute atomic E-state index is 0.0950. The van der Waals surface area contributed by atoms with Crippen LogP contribution < -0.4 is 0 Å². The first-order valence-corrected chi connectivity index (χ1v) is 13.5. The van der Waals surface area contributed by atoms with Crippen LogP contribution in [0.5, 0.6) is 0 Å². The van der Waals surface area contributed by atoms with Crippen LogP contribution in [0.25, 0.3) is 27.6 Å². The highest BCUT2D eigenvalue weighted by Crippen LogP contribution is 2.50. The second-order valence-corrected chi connectivity index (χ2v) is 11.8. The number of hydrogen-bond donors (Lipinski definition) is 0. The molecule has 2 bridgehead atoms. The molecule has 3 aliphatic rings. The zero-order valence-electron chi connectivity index (χ0n) is 21.1. The molecule has 174 valence electrons. The van der Waals surface area contributed by atoms with Crippen molar-refractivity contribution in [1.29, 1.82) is 0 Å². The van der Waals surface area contributed by atoms with E-state index < -0.39 is 0 Å². The largest absolute Gasteiger partial charge is 0.279 e. The van der Waals surface area contributed by atoms with E-state index in [1.807, 2.05) is 13.8 Å². The first kappa shape index (κ1) is 22.8. The summed E-state index contributed by atoms with van der Waals surface area (Å²) in [6, 6.07) is 9.27. The Kier molecular flexibility index (Phi) is 5.59. The quantitative estimate of drug-likeness (QED) is 0.258. The first-order valence-electron chi connectivity index (χ1n) is 12.7. The van der Waals surface area contributed by atoms with Gasteiger partial charge in [-0.3, -0.25) is 4.40 Å². The number of benzene rings is 2. The van der Waals surface area contributed by atoms with Crippen molar-refractivity contribution in [2.75, 3.05) is 0 Å². The Labute approximate surface area is 206 Å². The standard InChI is InChI=1S/C27H30BrN3.C2H6/c1-14(2)17-10-11-20(28)24-23(17)25-29-21-12-18-15-6-8-16(9-7-15)19(18)13-22(21)31(25)26(30-24)27(3,4)5;1-2/h10-16H,6-9H2,1-5H3;1-2H3. The summed E-state index contributed by atoms with van der Waals surface area (Å²) in [7, 11) is 0. The normalized spacial score (nSPS) is 19.9. The Morgan fingerprint density at radius 2 is 1.55 bits per heavy atom. The van der Waals surface area contributed by atoms with Gasteiger partial charge in [0.25, 0.3) is 0 Å². The van der Waals surface area contributed by atoms with E-state index in [1.54, 1.807) is 11.1 Å². The molecule has 33 heavy (non-hydrogen) atoms. The number of fused-ring (bicyclic) bond motifs is 7. The van der Waals surface area contributed by atoms with Crippen LogP contribution in [0.2, 0.25) is 0 Å². The number of imidazole rings is 1. The third kappa shape index (κ3) is 3.43. The fraction of sp³-hybridized carbons (Fsp3) is 0.517. The van der Waals surface area contributed by atoms with Gasteiger partial charge in [-0.25, -0.2) is 9.97 Å². The molecule has 4 aromatic rings. The third-order valence-corrected chi connectivity index (χ3v) is 8.21. The monoisotopic (exact) mass is 505 g/mol. The molecule has 0 amide bonds. The Bertz CT molecular complexity index is 1370. The van der Waals surface area contributed by atoms with Gasteiger partial charge in [0.1, 0.15) is 11.5 Å². The molecule has 0 aliphatic heterocycles. The van der Waals surface area contributed by atoms with E-state index in [2.05, 4.69) is 79.2 Å². The zero-order valence-corrected chi connectivity index (χ0v) is 22.7. The molecule has 4 heteroatoms. The Hall–Kier alpha value is -1.94. The minimum atomic E-state index is -0.0950. The lowest BCUT2D eigenvalue weighted by Gasteiger charge is -2.38. The molecular weight excluding hydrogens is 470 g/mol. The van der Waals surface area contributed by atoms with Crippen LogP contribution in [0.4, 0.5) is 0 Å². The van der Waals surface area contributed by atoms with E-state index in [-0.39, 0.29) is 5.41 Å². The molecular formula is C29H36BrN3. The van der Waals surface area contributed by atoms with Crippen LogP contribution in [-0.2, 0) is 5.41 Å². The van der Waals surface area contributed by atoms with Crippen molar-refractivity contribution in [2.24, 2.45) is 0 Å². The maximum Gasteiger partial charge on any atom is 0.149 e. The molecule has 3 nitrogen and oxygen atoms in total. The van der Waals surface area contributed by atoms with Crippen molar-refractivity contribution in [1.82, 2.24) is 14.4 Å². The summed E-state index contributed by atoms with van der Waals surface area (Å²) in [5, 5.41) is 1.19.